The minimum Gasteiger partial charge on any atom is -0.486 e. The zero-order valence-electron chi connectivity index (χ0n) is 18.1. The predicted octanol–water partition coefficient (Wildman–Crippen LogP) is 3.65. The van der Waals surface area contributed by atoms with Crippen molar-refractivity contribution in [2.45, 2.75) is 12.8 Å². The molecule has 0 unspecified atom stereocenters. The third-order valence-electron chi connectivity index (χ3n) is 5.11. The second-order valence-corrected chi connectivity index (χ2v) is 7.87. The van der Waals surface area contributed by atoms with E-state index in [9.17, 15) is 14.4 Å². The largest absolute Gasteiger partial charge is 0.486 e. The summed E-state index contributed by atoms with van der Waals surface area (Å²) >= 11 is 6.21. The molecule has 1 amide bonds. The molecule has 1 aliphatic rings. The van der Waals surface area contributed by atoms with Gasteiger partial charge in [-0.25, -0.2) is 9.07 Å². The van der Waals surface area contributed by atoms with Crippen LogP contribution in [0.25, 0.3) is 11.8 Å². The van der Waals surface area contributed by atoms with Crippen LogP contribution in [0.5, 0.6) is 11.5 Å². The highest BCUT2D eigenvalue weighted by Crippen LogP contribution is 2.38. The number of nitrogen functional groups attached to an aromatic ring is 1. The van der Waals surface area contributed by atoms with Crippen LogP contribution < -0.4 is 20.5 Å². The molecular weight excluding hydrogens is 461 g/mol. The van der Waals surface area contributed by atoms with Crippen molar-refractivity contribution in [1.82, 2.24) is 15.1 Å². The van der Waals surface area contributed by atoms with Crippen LogP contribution in [0.15, 0.2) is 42.5 Å². The van der Waals surface area contributed by atoms with Crippen molar-refractivity contribution < 1.29 is 18.7 Å². The molecule has 0 spiro atoms. The van der Waals surface area contributed by atoms with Crippen LogP contribution in [0, 0.1) is 17.1 Å². The molecule has 3 aromatic rings. The zero-order valence-corrected chi connectivity index (χ0v) is 18.8. The van der Waals surface area contributed by atoms with Gasteiger partial charge in [-0.15, -0.1) is 0 Å². The number of nitrogens with two attached hydrogens (primary N) is 1. The maximum Gasteiger partial charge on any atom is 0.243 e. The fourth-order valence-corrected chi connectivity index (χ4v) is 3.75. The molecule has 0 saturated carbocycles. The first-order valence-electron chi connectivity index (χ1n) is 10.5. The average Bonchev–Trinajstić information content (AvgIpc) is 3.16. The highest BCUT2D eigenvalue weighted by molar-refractivity contribution is 6.32. The van der Waals surface area contributed by atoms with Gasteiger partial charge < -0.3 is 20.5 Å². The highest BCUT2D eigenvalue weighted by Gasteiger charge is 2.17. The smallest absolute Gasteiger partial charge is 0.243 e. The lowest BCUT2D eigenvalue weighted by atomic mass is 10.1. The summed E-state index contributed by atoms with van der Waals surface area (Å²) in [5, 5.41) is 17.1. The van der Waals surface area contributed by atoms with E-state index >= 15 is 0 Å². The van der Waals surface area contributed by atoms with Gasteiger partial charge in [0, 0.05) is 12.6 Å². The fourth-order valence-electron chi connectivity index (χ4n) is 3.48. The summed E-state index contributed by atoms with van der Waals surface area (Å²) in [6, 6.07) is 11.2. The number of nitrogens with one attached hydrogen (secondary N) is 1. The topological polar surface area (TPSA) is 115 Å². The van der Waals surface area contributed by atoms with Crippen molar-refractivity contribution in [3.05, 3.63) is 70.1 Å². The van der Waals surface area contributed by atoms with E-state index in [0.29, 0.717) is 66.1 Å². The quantitative estimate of drug-likeness (QED) is 0.393. The molecule has 10 heteroatoms. The van der Waals surface area contributed by atoms with Crippen molar-refractivity contribution in [2.24, 2.45) is 0 Å². The minimum absolute atomic E-state index is 0.189. The summed E-state index contributed by atoms with van der Waals surface area (Å²) in [7, 11) is 0. The normalized spacial score (nSPS) is 12.5. The SMILES string of the molecule is N#Cc1c(CCCNC(=O)/C=C/c2cc(Cl)c3c(c2)OCCO3)nn(-c2ccc(F)cc2)c1N. The van der Waals surface area contributed by atoms with Crippen molar-refractivity contribution in [1.29, 1.82) is 5.26 Å². The van der Waals surface area contributed by atoms with E-state index in [4.69, 9.17) is 26.8 Å². The first kappa shape index (κ1) is 23.1. The van der Waals surface area contributed by atoms with Gasteiger partial charge in [-0.3, -0.25) is 4.79 Å². The van der Waals surface area contributed by atoms with Crippen molar-refractivity contribution in [3.63, 3.8) is 0 Å². The standard InChI is InChI=1S/C24H21ClFN5O3/c25-19-12-15(13-21-23(19)34-11-10-33-21)3-8-22(32)29-9-1-2-20-18(14-27)24(28)31(30-20)17-6-4-16(26)5-7-17/h3-8,12-13H,1-2,9-11,28H2,(H,29,32)/b8-3+. The lowest BCUT2D eigenvalue weighted by molar-refractivity contribution is -0.116. The number of aromatic nitrogens is 2. The molecule has 34 heavy (non-hydrogen) atoms. The van der Waals surface area contributed by atoms with Crippen LogP contribution >= 0.6 is 11.6 Å². The number of halogens is 2. The molecular formula is C24H21ClFN5O3. The van der Waals surface area contributed by atoms with E-state index in [1.54, 1.807) is 18.2 Å². The number of rotatable bonds is 7. The Morgan fingerprint density at radius 3 is 2.82 bits per heavy atom. The Balaban J connectivity index is 1.32. The van der Waals surface area contributed by atoms with E-state index < -0.39 is 0 Å². The molecule has 0 radical (unpaired) electrons. The second kappa shape index (κ2) is 10.3. The van der Waals surface area contributed by atoms with E-state index in [1.165, 1.54) is 35.0 Å². The van der Waals surface area contributed by atoms with Crippen molar-refractivity contribution >= 4 is 29.4 Å². The number of aryl methyl sites for hydroxylation is 1. The fraction of sp³-hybridized carbons (Fsp3) is 0.208. The average molecular weight is 482 g/mol. The summed E-state index contributed by atoms with van der Waals surface area (Å²) in [5.41, 5.74) is 8.12. The molecule has 1 aliphatic heterocycles. The lowest BCUT2D eigenvalue weighted by Gasteiger charge is -2.19. The number of hydrogen-bond acceptors (Lipinski definition) is 6. The minimum atomic E-state index is -0.378. The number of fused-ring (bicyclic) bond motifs is 1. The number of nitrogens with zero attached hydrogens (tertiary/aromatic N) is 3. The number of ether oxygens (including phenoxy) is 2. The van der Waals surface area contributed by atoms with E-state index in [-0.39, 0.29) is 23.1 Å². The number of anilines is 1. The number of benzene rings is 2. The summed E-state index contributed by atoms with van der Waals surface area (Å²) in [4.78, 5) is 12.2. The molecule has 0 atom stereocenters. The van der Waals surface area contributed by atoms with Gasteiger partial charge in [-0.1, -0.05) is 11.6 Å². The van der Waals surface area contributed by atoms with Crippen LogP contribution in [0.2, 0.25) is 5.02 Å². The summed E-state index contributed by atoms with van der Waals surface area (Å²) < 4.78 is 25.6. The van der Waals surface area contributed by atoms with E-state index in [0.717, 1.165) is 0 Å². The summed E-state index contributed by atoms with van der Waals surface area (Å²) in [6.45, 7) is 1.26. The van der Waals surface area contributed by atoms with Gasteiger partial charge in [-0.2, -0.15) is 10.4 Å². The maximum atomic E-state index is 13.2. The van der Waals surface area contributed by atoms with Gasteiger partial charge in [0.05, 0.1) is 16.4 Å². The Bertz CT molecular complexity index is 1280. The van der Waals surface area contributed by atoms with Crippen LogP contribution in [0.1, 0.15) is 23.2 Å². The van der Waals surface area contributed by atoms with Crippen LogP contribution in [-0.2, 0) is 11.2 Å². The molecule has 0 aliphatic carbocycles. The molecule has 2 heterocycles. The number of carbonyl (C=O) groups is 1. The van der Waals surface area contributed by atoms with E-state index in [1.807, 2.05) is 0 Å². The number of nitriles is 1. The monoisotopic (exact) mass is 481 g/mol. The molecule has 0 saturated heterocycles. The van der Waals surface area contributed by atoms with E-state index in [2.05, 4.69) is 16.5 Å². The Kier molecular flexibility index (Phi) is 6.99. The van der Waals surface area contributed by atoms with Crippen LogP contribution in [0.4, 0.5) is 10.2 Å². The Hall–Kier alpha value is -4.03. The van der Waals surface area contributed by atoms with Crippen LogP contribution in [0.3, 0.4) is 0 Å². The first-order valence-corrected chi connectivity index (χ1v) is 10.9. The third-order valence-corrected chi connectivity index (χ3v) is 5.39. The summed E-state index contributed by atoms with van der Waals surface area (Å²) in [6.07, 6.45) is 4.02. The Labute approximate surface area is 200 Å². The van der Waals surface area contributed by atoms with Gasteiger partial charge in [0.15, 0.2) is 11.5 Å². The van der Waals surface area contributed by atoms with Gasteiger partial charge in [0.25, 0.3) is 0 Å². The third kappa shape index (κ3) is 5.13. The van der Waals surface area contributed by atoms with Crippen molar-refractivity contribution in [3.8, 4) is 23.3 Å². The molecule has 174 valence electrons. The number of amides is 1. The Morgan fingerprint density at radius 2 is 2.06 bits per heavy atom. The maximum absolute atomic E-state index is 13.2. The van der Waals surface area contributed by atoms with Gasteiger partial charge >= 0.3 is 0 Å². The molecule has 8 nitrogen and oxygen atoms in total. The molecule has 4 rings (SSSR count). The van der Waals surface area contributed by atoms with Gasteiger partial charge in [-0.05, 0) is 60.9 Å². The molecule has 0 bridgehead atoms. The molecule has 3 N–H and O–H groups in total. The van der Waals surface area contributed by atoms with Crippen LogP contribution in [-0.4, -0.2) is 35.4 Å². The van der Waals surface area contributed by atoms with Gasteiger partial charge in [0.2, 0.25) is 5.91 Å². The lowest BCUT2D eigenvalue weighted by Crippen LogP contribution is -2.22. The first-order chi connectivity index (χ1) is 16.5. The molecule has 1 aromatic heterocycles. The molecule has 2 aromatic carbocycles. The van der Waals surface area contributed by atoms with Crippen molar-refractivity contribution in [2.75, 3.05) is 25.5 Å². The Morgan fingerprint density at radius 1 is 1.29 bits per heavy atom. The zero-order chi connectivity index (χ0) is 24.1. The highest BCUT2D eigenvalue weighted by atomic mass is 35.5. The summed E-state index contributed by atoms with van der Waals surface area (Å²) in [5.74, 6) is 0.592. The predicted molar refractivity (Wildman–Crippen MR) is 125 cm³/mol. The van der Waals surface area contributed by atoms with Gasteiger partial charge in [0.1, 0.15) is 36.5 Å². The molecule has 0 fully saturated rings. The number of carbonyl (C=O) groups excluding carboxylic acids is 1. The second-order valence-electron chi connectivity index (χ2n) is 7.46. The number of hydrogen-bond donors (Lipinski definition) is 2.